The third-order valence-electron chi connectivity index (χ3n) is 4.30. The first-order valence-electron chi connectivity index (χ1n) is 8.77. The number of carbonyl (C=O) groups is 2. The molecule has 0 aliphatic heterocycles. The van der Waals surface area contributed by atoms with Crippen LogP contribution in [0.5, 0.6) is 0 Å². The highest BCUT2D eigenvalue weighted by Gasteiger charge is 2.16. The molecular weight excluding hydrogens is 374 g/mol. The molecule has 3 rings (SSSR count). The summed E-state index contributed by atoms with van der Waals surface area (Å²) in [6, 6.07) is 18.0. The van der Waals surface area contributed by atoms with E-state index in [1.165, 1.54) is 12.3 Å². The summed E-state index contributed by atoms with van der Waals surface area (Å²) < 4.78 is 0. The summed E-state index contributed by atoms with van der Waals surface area (Å²) in [6.45, 7) is 2.34. The van der Waals surface area contributed by atoms with Crippen LogP contribution in [0, 0.1) is 6.92 Å². The molecule has 0 saturated heterocycles. The van der Waals surface area contributed by atoms with E-state index < -0.39 is 0 Å². The van der Waals surface area contributed by atoms with Crippen LogP contribution >= 0.6 is 11.6 Å². The van der Waals surface area contributed by atoms with Crippen LogP contribution in [-0.4, -0.2) is 28.7 Å². The second kappa shape index (κ2) is 8.67. The van der Waals surface area contributed by atoms with Crippen LogP contribution in [0.1, 0.15) is 32.0 Å². The zero-order valence-electron chi connectivity index (χ0n) is 15.6. The molecule has 0 aliphatic carbocycles. The van der Waals surface area contributed by atoms with Gasteiger partial charge in [-0.3, -0.25) is 14.6 Å². The van der Waals surface area contributed by atoms with Crippen molar-refractivity contribution >= 4 is 29.1 Å². The fourth-order valence-corrected chi connectivity index (χ4v) is 2.91. The Morgan fingerprint density at radius 3 is 2.57 bits per heavy atom. The zero-order valence-corrected chi connectivity index (χ0v) is 16.4. The number of carbonyl (C=O) groups excluding carboxylic acids is 2. The number of aromatic nitrogens is 1. The maximum atomic E-state index is 12.7. The molecule has 0 unspecified atom stereocenters. The third-order valence-corrected chi connectivity index (χ3v) is 4.53. The molecule has 1 heterocycles. The third kappa shape index (κ3) is 4.75. The van der Waals surface area contributed by atoms with Crippen molar-refractivity contribution in [1.82, 2.24) is 9.88 Å². The first kappa shape index (κ1) is 19.6. The van der Waals surface area contributed by atoms with Crippen LogP contribution < -0.4 is 5.32 Å². The number of hydrogen-bond acceptors (Lipinski definition) is 3. The number of pyridine rings is 1. The molecule has 2 amide bonds. The first-order valence-corrected chi connectivity index (χ1v) is 9.15. The summed E-state index contributed by atoms with van der Waals surface area (Å²) in [5.74, 6) is -0.579. The molecule has 2 aromatic carbocycles. The van der Waals surface area contributed by atoms with Gasteiger partial charge in [-0.05, 0) is 42.3 Å². The predicted octanol–water partition coefficient (Wildman–Crippen LogP) is 4.57. The number of aryl methyl sites for hydroxylation is 1. The van der Waals surface area contributed by atoms with E-state index in [0.717, 1.165) is 11.1 Å². The Bertz CT molecular complexity index is 1010. The fraction of sp³-hybridized carbons (Fsp3) is 0.136. The van der Waals surface area contributed by atoms with E-state index in [2.05, 4.69) is 10.3 Å². The van der Waals surface area contributed by atoms with Gasteiger partial charge in [-0.1, -0.05) is 48.0 Å². The summed E-state index contributed by atoms with van der Waals surface area (Å²) in [4.78, 5) is 31.0. The van der Waals surface area contributed by atoms with E-state index in [0.29, 0.717) is 22.8 Å². The van der Waals surface area contributed by atoms with Crippen LogP contribution in [0.15, 0.2) is 66.9 Å². The average molecular weight is 394 g/mol. The highest BCUT2D eigenvalue weighted by Crippen LogP contribution is 2.21. The molecule has 1 aromatic heterocycles. The summed E-state index contributed by atoms with van der Waals surface area (Å²) in [6.07, 6.45) is 1.46. The molecule has 0 aliphatic rings. The van der Waals surface area contributed by atoms with Gasteiger partial charge in [-0.2, -0.15) is 0 Å². The van der Waals surface area contributed by atoms with Crippen LogP contribution in [0.25, 0.3) is 0 Å². The number of rotatable bonds is 5. The van der Waals surface area contributed by atoms with Gasteiger partial charge in [0.15, 0.2) is 0 Å². The molecule has 0 atom stereocenters. The number of nitrogens with one attached hydrogen (secondary N) is 1. The Morgan fingerprint density at radius 2 is 1.82 bits per heavy atom. The summed E-state index contributed by atoms with van der Waals surface area (Å²) in [5, 5.41) is 3.36. The molecule has 1 N–H and O–H groups in total. The molecule has 0 radical (unpaired) electrons. The lowest BCUT2D eigenvalue weighted by Crippen LogP contribution is -2.27. The van der Waals surface area contributed by atoms with E-state index in [1.54, 1.807) is 30.1 Å². The number of halogens is 1. The summed E-state index contributed by atoms with van der Waals surface area (Å²) in [5.41, 5.74) is 3.11. The maximum Gasteiger partial charge on any atom is 0.272 e. The summed E-state index contributed by atoms with van der Waals surface area (Å²) >= 11 is 6.00. The van der Waals surface area contributed by atoms with E-state index in [1.807, 2.05) is 43.3 Å². The number of benzene rings is 2. The Balaban J connectivity index is 1.74. The maximum absolute atomic E-state index is 12.7. The highest BCUT2D eigenvalue weighted by atomic mass is 35.5. The van der Waals surface area contributed by atoms with Gasteiger partial charge >= 0.3 is 0 Å². The van der Waals surface area contributed by atoms with Crippen LogP contribution in [-0.2, 0) is 6.54 Å². The molecule has 0 spiro atoms. The predicted molar refractivity (Wildman–Crippen MR) is 111 cm³/mol. The highest BCUT2D eigenvalue weighted by molar-refractivity contribution is 6.31. The second-order valence-electron chi connectivity index (χ2n) is 6.49. The monoisotopic (exact) mass is 393 g/mol. The van der Waals surface area contributed by atoms with E-state index in [9.17, 15) is 9.59 Å². The molecule has 28 heavy (non-hydrogen) atoms. The van der Waals surface area contributed by atoms with Crippen molar-refractivity contribution < 1.29 is 9.59 Å². The van der Waals surface area contributed by atoms with Gasteiger partial charge in [0.05, 0.1) is 0 Å². The number of nitrogens with zero attached hydrogens (tertiary/aromatic N) is 2. The van der Waals surface area contributed by atoms with Gasteiger partial charge in [0.1, 0.15) is 5.69 Å². The largest absolute Gasteiger partial charge is 0.336 e. The van der Waals surface area contributed by atoms with Crippen molar-refractivity contribution in [2.45, 2.75) is 13.5 Å². The SMILES string of the molecule is Cc1ccc(Cl)cc1NC(=O)c1ccnc(C(=O)N(C)Cc2ccccc2)c1. The van der Waals surface area contributed by atoms with Crippen molar-refractivity contribution in [2.75, 3.05) is 12.4 Å². The Kier molecular flexibility index (Phi) is 6.06. The van der Waals surface area contributed by atoms with Gasteiger partial charge in [0, 0.05) is 36.1 Å². The van der Waals surface area contributed by atoms with Crippen molar-refractivity contribution in [3.63, 3.8) is 0 Å². The normalized spacial score (nSPS) is 10.4. The van der Waals surface area contributed by atoms with Gasteiger partial charge in [0.2, 0.25) is 0 Å². The van der Waals surface area contributed by atoms with Crippen molar-refractivity contribution in [2.24, 2.45) is 0 Å². The quantitative estimate of drug-likeness (QED) is 0.690. The fourth-order valence-electron chi connectivity index (χ4n) is 2.74. The topological polar surface area (TPSA) is 62.3 Å². The molecule has 0 fully saturated rings. The Labute approximate surface area is 169 Å². The first-order chi connectivity index (χ1) is 13.4. The van der Waals surface area contributed by atoms with Crippen LogP contribution in [0.3, 0.4) is 0 Å². The molecule has 6 heteroatoms. The number of amides is 2. The molecule has 0 bridgehead atoms. The van der Waals surface area contributed by atoms with Gasteiger partial charge in [-0.25, -0.2) is 0 Å². The molecule has 3 aromatic rings. The van der Waals surface area contributed by atoms with Crippen LogP contribution in [0.4, 0.5) is 5.69 Å². The lowest BCUT2D eigenvalue weighted by atomic mass is 10.1. The number of anilines is 1. The van der Waals surface area contributed by atoms with Gasteiger partial charge in [0.25, 0.3) is 11.8 Å². The van der Waals surface area contributed by atoms with E-state index in [-0.39, 0.29) is 17.5 Å². The second-order valence-corrected chi connectivity index (χ2v) is 6.93. The minimum atomic E-state index is -0.326. The minimum absolute atomic E-state index is 0.217. The molecule has 142 valence electrons. The van der Waals surface area contributed by atoms with Crippen LogP contribution in [0.2, 0.25) is 5.02 Å². The Morgan fingerprint density at radius 1 is 1.07 bits per heavy atom. The molecular formula is C22H20ClN3O2. The summed E-state index contributed by atoms with van der Waals surface area (Å²) in [7, 11) is 1.71. The standard InChI is InChI=1S/C22H20ClN3O2/c1-15-8-9-18(23)13-19(15)25-21(27)17-10-11-24-20(12-17)22(28)26(2)14-16-6-4-3-5-7-16/h3-13H,14H2,1-2H3,(H,25,27). The lowest BCUT2D eigenvalue weighted by molar-refractivity contribution is 0.0779. The smallest absolute Gasteiger partial charge is 0.272 e. The van der Waals surface area contributed by atoms with Crippen molar-refractivity contribution in [3.8, 4) is 0 Å². The van der Waals surface area contributed by atoms with E-state index in [4.69, 9.17) is 11.6 Å². The van der Waals surface area contributed by atoms with Gasteiger partial charge in [-0.15, -0.1) is 0 Å². The Hall–Kier alpha value is -3.18. The van der Waals surface area contributed by atoms with Crippen molar-refractivity contribution in [3.05, 3.63) is 94.3 Å². The van der Waals surface area contributed by atoms with Gasteiger partial charge < -0.3 is 10.2 Å². The average Bonchev–Trinajstić information content (AvgIpc) is 2.71. The minimum Gasteiger partial charge on any atom is -0.336 e. The molecule has 0 saturated carbocycles. The number of hydrogen-bond donors (Lipinski definition) is 1. The molecule has 5 nitrogen and oxygen atoms in total. The lowest BCUT2D eigenvalue weighted by Gasteiger charge is -2.17. The van der Waals surface area contributed by atoms with E-state index >= 15 is 0 Å². The zero-order chi connectivity index (χ0) is 20.1. The van der Waals surface area contributed by atoms with Crippen molar-refractivity contribution in [1.29, 1.82) is 0 Å².